The van der Waals surface area contributed by atoms with E-state index in [0.717, 1.165) is 24.3 Å². The first kappa shape index (κ1) is 20.1. The molecule has 1 saturated heterocycles. The fourth-order valence-electron chi connectivity index (χ4n) is 3.09. The van der Waals surface area contributed by atoms with Crippen LogP contribution in [-0.2, 0) is 26.4 Å². The lowest BCUT2D eigenvalue weighted by Gasteiger charge is -2.35. The molecule has 0 atom stereocenters. The van der Waals surface area contributed by atoms with Crippen LogP contribution >= 0.6 is 0 Å². The molecular weight excluding hydrogens is 342 g/mol. The van der Waals surface area contributed by atoms with Gasteiger partial charge in [-0.25, -0.2) is 0 Å². The van der Waals surface area contributed by atoms with E-state index in [9.17, 15) is 0 Å². The molecule has 0 bridgehead atoms. The first-order valence-electron chi connectivity index (χ1n) is 9.73. The van der Waals surface area contributed by atoms with Gasteiger partial charge in [-0.1, -0.05) is 53.6 Å². The summed E-state index contributed by atoms with van der Waals surface area (Å²) in [5.74, 6) is 2.30. The van der Waals surface area contributed by atoms with Gasteiger partial charge in [-0.05, 0) is 19.8 Å². The summed E-state index contributed by atoms with van der Waals surface area (Å²) in [5, 5.41) is 12.9. The maximum Gasteiger partial charge on any atom is 0.222 e. The van der Waals surface area contributed by atoms with Gasteiger partial charge in [0.25, 0.3) is 0 Å². The van der Waals surface area contributed by atoms with Crippen molar-refractivity contribution >= 4 is 0 Å². The molecule has 0 amide bonds. The van der Waals surface area contributed by atoms with Gasteiger partial charge in [0.2, 0.25) is 11.8 Å². The van der Waals surface area contributed by atoms with Crippen LogP contribution in [0.3, 0.4) is 0 Å². The Morgan fingerprint density at radius 3 is 2.04 bits per heavy atom. The van der Waals surface area contributed by atoms with Gasteiger partial charge in [0, 0.05) is 22.3 Å². The predicted octanol–water partition coefficient (Wildman–Crippen LogP) is 4.68. The van der Waals surface area contributed by atoms with Crippen molar-refractivity contribution in [3.63, 3.8) is 0 Å². The third kappa shape index (κ3) is 3.96. The Morgan fingerprint density at radius 2 is 1.52 bits per heavy atom. The van der Waals surface area contributed by atoms with Gasteiger partial charge < -0.3 is 13.7 Å². The summed E-state index contributed by atoms with van der Waals surface area (Å²) in [6, 6.07) is 2.10. The fourth-order valence-corrected chi connectivity index (χ4v) is 3.09. The van der Waals surface area contributed by atoms with E-state index in [1.807, 2.05) is 0 Å². The van der Waals surface area contributed by atoms with Crippen LogP contribution in [0.2, 0.25) is 0 Å². The van der Waals surface area contributed by atoms with Crippen molar-refractivity contribution < 1.29 is 13.7 Å². The van der Waals surface area contributed by atoms with Crippen molar-refractivity contribution in [2.24, 2.45) is 0 Å². The lowest BCUT2D eigenvalue weighted by molar-refractivity contribution is -0.0532. The van der Waals surface area contributed by atoms with E-state index >= 15 is 0 Å². The zero-order valence-corrected chi connectivity index (χ0v) is 18.0. The average molecular weight is 376 g/mol. The molecule has 1 fully saturated rings. The van der Waals surface area contributed by atoms with Gasteiger partial charge in [-0.15, -0.1) is 10.2 Å². The molecule has 2 aromatic rings. The molecule has 6 nitrogen and oxygen atoms in total. The summed E-state index contributed by atoms with van der Waals surface area (Å²) in [4.78, 5) is 0. The largest absolute Gasteiger partial charge is 0.424 e. The number of ether oxygens (including phenoxy) is 1. The third-order valence-electron chi connectivity index (χ3n) is 5.66. The minimum atomic E-state index is -0.204. The predicted molar refractivity (Wildman–Crippen MR) is 103 cm³/mol. The van der Waals surface area contributed by atoms with E-state index in [1.165, 1.54) is 0 Å². The highest BCUT2D eigenvalue weighted by molar-refractivity contribution is 5.23. The summed E-state index contributed by atoms with van der Waals surface area (Å²) < 4.78 is 17.0. The number of hydrogen-bond acceptors (Lipinski definition) is 6. The Hall–Kier alpha value is -1.69. The highest BCUT2D eigenvalue weighted by atomic mass is 16.5. The first-order valence-corrected chi connectivity index (χ1v) is 9.73. The van der Waals surface area contributed by atoms with Crippen LogP contribution < -0.4 is 0 Å². The number of rotatable bonds is 6. The summed E-state index contributed by atoms with van der Waals surface area (Å²) in [6.07, 6.45) is 1.83. The minimum absolute atomic E-state index is 0.00971. The smallest absolute Gasteiger partial charge is 0.222 e. The van der Waals surface area contributed by atoms with E-state index in [2.05, 4.69) is 76.8 Å². The van der Waals surface area contributed by atoms with Crippen LogP contribution in [0.15, 0.2) is 15.0 Å². The van der Waals surface area contributed by atoms with Crippen molar-refractivity contribution in [3.05, 3.63) is 29.3 Å². The van der Waals surface area contributed by atoms with E-state index in [-0.39, 0.29) is 21.7 Å². The quantitative estimate of drug-likeness (QED) is 0.730. The Labute approximate surface area is 162 Å². The second-order valence-electron chi connectivity index (χ2n) is 10.6. The Kier molecular flexibility index (Phi) is 4.78. The molecule has 0 aliphatic carbocycles. The van der Waals surface area contributed by atoms with E-state index < -0.39 is 0 Å². The molecule has 0 aromatic carbocycles. The molecule has 150 valence electrons. The van der Waals surface area contributed by atoms with E-state index in [1.54, 1.807) is 0 Å². The van der Waals surface area contributed by atoms with Crippen molar-refractivity contribution in [2.45, 2.75) is 89.9 Å². The Bertz CT molecular complexity index is 792. The van der Waals surface area contributed by atoms with Crippen LogP contribution in [0.4, 0.5) is 0 Å². The fraction of sp³-hybridized carbons (Fsp3) is 0.762. The van der Waals surface area contributed by atoms with Crippen LogP contribution in [0.1, 0.15) is 91.5 Å². The molecule has 0 N–H and O–H groups in total. The first-order chi connectivity index (χ1) is 12.3. The zero-order chi connectivity index (χ0) is 20.1. The maximum absolute atomic E-state index is 5.98. The van der Waals surface area contributed by atoms with Gasteiger partial charge in [0.05, 0.1) is 24.3 Å². The molecule has 2 aromatic heterocycles. The lowest BCUT2D eigenvalue weighted by atomic mass is 9.77. The SMILES string of the molecule is CC(C)(C)c1nnc(C(C)(C)CCC(C)(C)c2cc(C3(C)COC3)no2)o1. The molecule has 1 aliphatic rings. The zero-order valence-electron chi connectivity index (χ0n) is 18.0. The van der Waals surface area contributed by atoms with Gasteiger partial charge in [-0.3, -0.25) is 0 Å². The summed E-state index contributed by atoms with van der Waals surface area (Å²) in [5.41, 5.74) is 0.506. The second-order valence-corrected chi connectivity index (χ2v) is 10.6. The molecule has 3 heterocycles. The monoisotopic (exact) mass is 375 g/mol. The molecule has 0 saturated carbocycles. The highest BCUT2D eigenvalue weighted by Gasteiger charge is 2.40. The normalized spacial score (nSPS) is 17.8. The average Bonchev–Trinajstić information content (AvgIpc) is 3.20. The topological polar surface area (TPSA) is 74.2 Å². The third-order valence-corrected chi connectivity index (χ3v) is 5.66. The number of nitrogens with zero attached hydrogens (tertiary/aromatic N) is 3. The summed E-state index contributed by atoms with van der Waals surface area (Å²) >= 11 is 0. The van der Waals surface area contributed by atoms with Gasteiger partial charge in [0.1, 0.15) is 5.76 Å². The van der Waals surface area contributed by atoms with Crippen molar-refractivity contribution in [3.8, 4) is 0 Å². The number of hydrogen-bond donors (Lipinski definition) is 0. The number of aromatic nitrogens is 3. The minimum Gasteiger partial charge on any atom is -0.424 e. The van der Waals surface area contributed by atoms with Crippen molar-refractivity contribution in [1.29, 1.82) is 0 Å². The van der Waals surface area contributed by atoms with Gasteiger partial charge in [0.15, 0.2) is 0 Å². The highest BCUT2D eigenvalue weighted by Crippen LogP contribution is 2.38. The molecule has 0 radical (unpaired) electrons. The van der Waals surface area contributed by atoms with Gasteiger partial charge >= 0.3 is 0 Å². The molecule has 3 rings (SSSR count). The molecule has 0 unspecified atom stereocenters. The standard InChI is InChI=1S/C21H33N3O3/c1-18(2,3)16-22-23-17(26-16)20(6,7)10-9-19(4,5)15-11-14(24-27-15)21(8)12-25-13-21/h11H,9-10,12-13H2,1-8H3. The van der Waals surface area contributed by atoms with E-state index in [4.69, 9.17) is 13.7 Å². The molecule has 27 heavy (non-hydrogen) atoms. The van der Waals surface area contributed by atoms with Crippen molar-refractivity contribution in [1.82, 2.24) is 15.4 Å². The lowest BCUT2D eigenvalue weighted by Crippen LogP contribution is -2.44. The van der Waals surface area contributed by atoms with Crippen LogP contribution in [0.25, 0.3) is 0 Å². The maximum atomic E-state index is 5.98. The van der Waals surface area contributed by atoms with Crippen molar-refractivity contribution in [2.75, 3.05) is 13.2 Å². The van der Waals surface area contributed by atoms with E-state index in [0.29, 0.717) is 25.0 Å². The second kappa shape index (κ2) is 6.43. The van der Waals surface area contributed by atoms with Crippen LogP contribution in [0, 0.1) is 0 Å². The molecule has 0 spiro atoms. The van der Waals surface area contributed by atoms with Crippen LogP contribution in [0.5, 0.6) is 0 Å². The Balaban J connectivity index is 1.69. The molecule has 1 aliphatic heterocycles. The Morgan fingerprint density at radius 1 is 0.926 bits per heavy atom. The van der Waals surface area contributed by atoms with Gasteiger partial charge in [-0.2, -0.15) is 0 Å². The summed E-state index contributed by atoms with van der Waals surface area (Å²) in [7, 11) is 0. The molecular formula is C21H33N3O3. The summed E-state index contributed by atoms with van der Waals surface area (Å²) in [6.45, 7) is 18.5. The molecule has 6 heteroatoms. The van der Waals surface area contributed by atoms with Crippen LogP contribution in [-0.4, -0.2) is 28.6 Å².